The van der Waals surface area contributed by atoms with Crippen molar-refractivity contribution in [2.24, 2.45) is 0 Å². The third kappa shape index (κ3) is 6.50. The maximum absolute atomic E-state index is 12.3. The van der Waals surface area contributed by atoms with Crippen LogP contribution in [0, 0.1) is 6.92 Å². The first-order valence-electron chi connectivity index (χ1n) is 9.71. The minimum atomic E-state index is -0.197. The largest absolute Gasteiger partial charge is 0.490 e. The molecule has 30 heavy (non-hydrogen) atoms. The van der Waals surface area contributed by atoms with Crippen molar-refractivity contribution in [2.45, 2.75) is 26.6 Å². The average Bonchev–Trinajstić information content (AvgIpc) is 3.21. The van der Waals surface area contributed by atoms with Crippen molar-refractivity contribution in [3.63, 3.8) is 0 Å². The predicted molar refractivity (Wildman–Crippen MR) is 120 cm³/mol. The van der Waals surface area contributed by atoms with Crippen LogP contribution >= 0.6 is 11.3 Å². The predicted octanol–water partition coefficient (Wildman–Crippen LogP) is 3.97. The number of carbonyl (C=O) groups is 1. The molecule has 1 N–H and O–H groups in total. The quantitative estimate of drug-likeness (QED) is 0.501. The molecule has 3 aromatic rings. The second-order valence-corrected chi connectivity index (χ2v) is 8.15. The molecule has 3 rings (SSSR count). The van der Waals surface area contributed by atoms with Crippen LogP contribution in [0.15, 0.2) is 61.2 Å². The van der Waals surface area contributed by atoms with E-state index in [1.54, 1.807) is 6.08 Å². The summed E-state index contributed by atoms with van der Waals surface area (Å²) in [5.74, 6) is 0.629. The Morgan fingerprint density at radius 3 is 2.50 bits per heavy atom. The number of aryl methyl sites for hydroxylation is 1. The standard InChI is InChI=1S/C23H26N4O2S/c1-4-13-29-20-11-9-19(10-12-20)15-27(3)16-21-25-26-23(30-21)22(28)24-14-18-7-5-17(2)6-8-18/h4-12H,1,13-16H2,2-3H3,(H,24,28). The summed E-state index contributed by atoms with van der Waals surface area (Å²) in [4.78, 5) is 14.5. The van der Waals surface area contributed by atoms with Crippen LogP contribution in [0.25, 0.3) is 0 Å². The third-order valence-corrected chi connectivity index (χ3v) is 5.29. The van der Waals surface area contributed by atoms with Crippen molar-refractivity contribution in [1.82, 2.24) is 20.4 Å². The Hall–Kier alpha value is -3.03. The summed E-state index contributed by atoms with van der Waals surface area (Å²) in [6.07, 6.45) is 1.72. The summed E-state index contributed by atoms with van der Waals surface area (Å²) in [7, 11) is 2.01. The van der Waals surface area contributed by atoms with Crippen molar-refractivity contribution < 1.29 is 9.53 Å². The van der Waals surface area contributed by atoms with Crippen LogP contribution in [0.5, 0.6) is 5.75 Å². The maximum Gasteiger partial charge on any atom is 0.282 e. The molecule has 0 fully saturated rings. The molecule has 0 atom stereocenters. The first-order valence-corrected chi connectivity index (χ1v) is 10.5. The van der Waals surface area contributed by atoms with Crippen LogP contribution in [-0.4, -0.2) is 34.7 Å². The van der Waals surface area contributed by atoms with Gasteiger partial charge < -0.3 is 10.1 Å². The summed E-state index contributed by atoms with van der Waals surface area (Å²) in [5.41, 5.74) is 3.42. The van der Waals surface area contributed by atoms with Crippen molar-refractivity contribution in [3.8, 4) is 5.75 Å². The molecule has 1 heterocycles. The number of nitrogens with one attached hydrogen (secondary N) is 1. The molecule has 1 amide bonds. The minimum Gasteiger partial charge on any atom is -0.490 e. The lowest BCUT2D eigenvalue weighted by molar-refractivity contribution is 0.0950. The van der Waals surface area contributed by atoms with E-state index in [1.807, 2.05) is 62.5 Å². The lowest BCUT2D eigenvalue weighted by atomic mass is 10.1. The summed E-state index contributed by atoms with van der Waals surface area (Å²) < 4.78 is 5.50. The van der Waals surface area contributed by atoms with Crippen LogP contribution in [0.1, 0.15) is 31.5 Å². The highest BCUT2D eigenvalue weighted by atomic mass is 32.1. The van der Waals surface area contributed by atoms with E-state index in [4.69, 9.17) is 4.74 Å². The minimum absolute atomic E-state index is 0.197. The molecular formula is C23H26N4O2S. The van der Waals surface area contributed by atoms with E-state index in [0.29, 0.717) is 24.7 Å². The summed E-state index contributed by atoms with van der Waals surface area (Å²) >= 11 is 1.32. The number of carbonyl (C=O) groups excluding carboxylic acids is 1. The second kappa shape index (κ2) is 10.7. The fourth-order valence-corrected chi connectivity index (χ4v) is 3.65. The summed E-state index contributed by atoms with van der Waals surface area (Å²) in [5, 5.41) is 12.3. The number of aromatic nitrogens is 2. The van der Waals surface area contributed by atoms with E-state index in [0.717, 1.165) is 22.9 Å². The molecule has 2 aromatic carbocycles. The number of ether oxygens (including phenoxy) is 1. The number of benzene rings is 2. The molecule has 1 aromatic heterocycles. The highest BCUT2D eigenvalue weighted by Crippen LogP contribution is 2.16. The zero-order valence-corrected chi connectivity index (χ0v) is 18.1. The van der Waals surface area contributed by atoms with Crippen LogP contribution < -0.4 is 10.1 Å². The monoisotopic (exact) mass is 422 g/mol. The molecule has 0 aliphatic heterocycles. The zero-order valence-electron chi connectivity index (χ0n) is 17.3. The molecule has 0 bridgehead atoms. The molecule has 0 saturated heterocycles. The number of rotatable bonds is 10. The number of hydrogen-bond donors (Lipinski definition) is 1. The van der Waals surface area contributed by atoms with Gasteiger partial charge in [-0.05, 0) is 37.2 Å². The molecule has 0 aliphatic rings. The molecule has 0 spiro atoms. The number of amides is 1. The Labute approximate surface area is 181 Å². The lowest BCUT2D eigenvalue weighted by Gasteiger charge is -2.15. The smallest absolute Gasteiger partial charge is 0.282 e. The number of hydrogen-bond acceptors (Lipinski definition) is 6. The van der Waals surface area contributed by atoms with E-state index in [-0.39, 0.29) is 5.91 Å². The van der Waals surface area contributed by atoms with Gasteiger partial charge in [0.1, 0.15) is 17.4 Å². The van der Waals surface area contributed by atoms with Gasteiger partial charge in [-0.2, -0.15) is 0 Å². The molecule has 0 radical (unpaired) electrons. The fourth-order valence-electron chi connectivity index (χ4n) is 2.82. The average molecular weight is 423 g/mol. The fraction of sp³-hybridized carbons (Fsp3) is 0.261. The lowest BCUT2D eigenvalue weighted by Crippen LogP contribution is -2.22. The molecule has 0 unspecified atom stereocenters. The second-order valence-electron chi connectivity index (χ2n) is 7.09. The van der Waals surface area contributed by atoms with Gasteiger partial charge >= 0.3 is 0 Å². The van der Waals surface area contributed by atoms with Gasteiger partial charge in [0.05, 0.1) is 6.54 Å². The van der Waals surface area contributed by atoms with Gasteiger partial charge in [0, 0.05) is 13.1 Å². The van der Waals surface area contributed by atoms with Gasteiger partial charge in [0.25, 0.3) is 5.91 Å². The molecule has 156 valence electrons. The highest BCUT2D eigenvalue weighted by Gasteiger charge is 2.14. The normalized spacial score (nSPS) is 10.8. The number of nitrogens with zero attached hydrogens (tertiary/aromatic N) is 3. The van der Waals surface area contributed by atoms with Gasteiger partial charge in [-0.3, -0.25) is 9.69 Å². The van der Waals surface area contributed by atoms with Gasteiger partial charge in [-0.25, -0.2) is 0 Å². The van der Waals surface area contributed by atoms with Gasteiger partial charge in [-0.15, -0.1) is 10.2 Å². The van der Waals surface area contributed by atoms with Crippen LogP contribution in [-0.2, 0) is 19.6 Å². The van der Waals surface area contributed by atoms with Gasteiger partial charge in [0.15, 0.2) is 0 Å². The Bertz CT molecular complexity index is 968. The Kier molecular flexibility index (Phi) is 7.70. The Morgan fingerprint density at radius 1 is 1.10 bits per heavy atom. The SMILES string of the molecule is C=CCOc1ccc(CN(C)Cc2nnc(C(=O)NCc3ccc(C)cc3)s2)cc1. The summed E-state index contributed by atoms with van der Waals surface area (Å²) in [6, 6.07) is 16.1. The summed E-state index contributed by atoms with van der Waals surface area (Å²) in [6.45, 7) is 8.04. The van der Waals surface area contributed by atoms with Crippen LogP contribution in [0.3, 0.4) is 0 Å². The molecule has 0 saturated carbocycles. The van der Waals surface area contributed by atoms with Crippen molar-refractivity contribution in [2.75, 3.05) is 13.7 Å². The topological polar surface area (TPSA) is 67.3 Å². The highest BCUT2D eigenvalue weighted by molar-refractivity contribution is 7.13. The van der Waals surface area contributed by atoms with E-state index < -0.39 is 0 Å². The first-order chi connectivity index (χ1) is 14.5. The molecule has 6 nitrogen and oxygen atoms in total. The van der Waals surface area contributed by atoms with E-state index in [9.17, 15) is 4.79 Å². The third-order valence-electron chi connectivity index (χ3n) is 4.38. The van der Waals surface area contributed by atoms with E-state index in [2.05, 4.69) is 27.0 Å². The van der Waals surface area contributed by atoms with Crippen molar-refractivity contribution >= 4 is 17.2 Å². The van der Waals surface area contributed by atoms with Crippen molar-refractivity contribution in [3.05, 3.63) is 87.9 Å². The van der Waals surface area contributed by atoms with E-state index in [1.165, 1.54) is 22.5 Å². The van der Waals surface area contributed by atoms with Crippen molar-refractivity contribution in [1.29, 1.82) is 0 Å². The Balaban J connectivity index is 1.48. The molecular weight excluding hydrogens is 396 g/mol. The van der Waals surface area contributed by atoms with Crippen LogP contribution in [0.4, 0.5) is 0 Å². The Morgan fingerprint density at radius 2 is 1.80 bits per heavy atom. The molecule has 0 aliphatic carbocycles. The van der Waals surface area contributed by atoms with Crippen LogP contribution in [0.2, 0.25) is 0 Å². The zero-order chi connectivity index (χ0) is 21.3. The first kappa shape index (κ1) is 21.7. The maximum atomic E-state index is 12.3. The van der Waals surface area contributed by atoms with Gasteiger partial charge in [-0.1, -0.05) is 66.0 Å². The molecule has 7 heteroatoms. The van der Waals surface area contributed by atoms with E-state index >= 15 is 0 Å². The van der Waals surface area contributed by atoms with Gasteiger partial charge in [0.2, 0.25) is 5.01 Å².